The van der Waals surface area contributed by atoms with E-state index in [2.05, 4.69) is 31.0 Å². The number of benzene rings is 1. The van der Waals surface area contributed by atoms with Crippen LogP contribution in [0.1, 0.15) is 11.6 Å². The van der Waals surface area contributed by atoms with Crippen LogP contribution in [0.2, 0.25) is 0 Å². The van der Waals surface area contributed by atoms with E-state index in [0.29, 0.717) is 12.2 Å². The highest BCUT2D eigenvalue weighted by atomic mass is 16.2. The number of hydrogen-bond donors (Lipinski definition) is 2. The lowest BCUT2D eigenvalue weighted by Gasteiger charge is -2.15. The highest BCUT2D eigenvalue weighted by Crippen LogP contribution is 2.15. The van der Waals surface area contributed by atoms with Gasteiger partial charge in [-0.2, -0.15) is 5.10 Å². The van der Waals surface area contributed by atoms with Crippen LogP contribution in [0.5, 0.6) is 0 Å². The number of hydrogen-bond acceptors (Lipinski definition) is 5. The Hall–Kier alpha value is -3.03. The Bertz CT molecular complexity index is 679. The molecule has 0 bridgehead atoms. The van der Waals surface area contributed by atoms with E-state index in [1.807, 2.05) is 30.3 Å². The average Bonchev–Trinajstić information content (AvgIpc) is 3.19. The minimum atomic E-state index is -0.536. The number of carbonyl (C=O) groups is 1. The smallest absolute Gasteiger partial charge is 0.250 e. The van der Waals surface area contributed by atoms with Crippen molar-refractivity contribution in [2.45, 2.75) is 12.5 Å². The minimum Gasteiger partial charge on any atom is -0.309 e. The van der Waals surface area contributed by atoms with E-state index in [-0.39, 0.29) is 5.91 Å². The van der Waals surface area contributed by atoms with Gasteiger partial charge in [-0.1, -0.05) is 30.3 Å². The molecule has 0 radical (unpaired) electrons. The van der Waals surface area contributed by atoms with E-state index < -0.39 is 6.04 Å². The van der Waals surface area contributed by atoms with Gasteiger partial charge in [0, 0.05) is 12.5 Å². The fourth-order valence-corrected chi connectivity index (χ4v) is 2.00. The molecule has 0 spiro atoms. The molecule has 1 amide bonds. The molecule has 8 heteroatoms. The third-order valence-electron chi connectivity index (χ3n) is 3.02. The standard InChI is InChI=1S/C13H13N7O/c21-13(16-12-6-7-14-17-12)11(20-9-15-18-19-20)8-10-4-2-1-3-5-10/h1-7,9,11H,8H2,(H2,14,16,17,21)/t11-/m0/s1. The zero-order valence-corrected chi connectivity index (χ0v) is 11.0. The van der Waals surface area contributed by atoms with Gasteiger partial charge >= 0.3 is 0 Å². The largest absolute Gasteiger partial charge is 0.309 e. The Morgan fingerprint density at radius 1 is 1.29 bits per heavy atom. The Morgan fingerprint density at radius 2 is 2.14 bits per heavy atom. The van der Waals surface area contributed by atoms with Gasteiger partial charge in [0.15, 0.2) is 0 Å². The van der Waals surface area contributed by atoms with Crippen LogP contribution in [0.15, 0.2) is 48.9 Å². The molecule has 0 fully saturated rings. The molecule has 2 aromatic heterocycles. The predicted octanol–water partition coefficient (Wildman–Crippen LogP) is 0.819. The van der Waals surface area contributed by atoms with Crippen LogP contribution in [-0.4, -0.2) is 36.3 Å². The van der Waals surface area contributed by atoms with Crippen molar-refractivity contribution in [2.24, 2.45) is 0 Å². The Morgan fingerprint density at radius 3 is 2.81 bits per heavy atom. The normalized spacial score (nSPS) is 12.0. The molecule has 0 unspecified atom stereocenters. The second kappa shape index (κ2) is 5.95. The maximum Gasteiger partial charge on any atom is 0.250 e. The van der Waals surface area contributed by atoms with Crippen molar-refractivity contribution >= 4 is 11.7 Å². The van der Waals surface area contributed by atoms with Gasteiger partial charge in [0.2, 0.25) is 0 Å². The third kappa shape index (κ3) is 3.11. The maximum absolute atomic E-state index is 12.4. The molecule has 3 rings (SSSR count). The number of tetrazole rings is 1. The lowest BCUT2D eigenvalue weighted by molar-refractivity contribution is -0.119. The summed E-state index contributed by atoms with van der Waals surface area (Å²) < 4.78 is 1.44. The summed E-state index contributed by atoms with van der Waals surface area (Å²) in [4.78, 5) is 12.4. The number of H-pyrrole nitrogens is 1. The summed E-state index contributed by atoms with van der Waals surface area (Å²) in [7, 11) is 0. The van der Waals surface area contributed by atoms with Crippen LogP contribution >= 0.6 is 0 Å². The molecule has 3 aromatic rings. The fourth-order valence-electron chi connectivity index (χ4n) is 2.00. The lowest BCUT2D eigenvalue weighted by Crippen LogP contribution is -2.28. The highest BCUT2D eigenvalue weighted by Gasteiger charge is 2.22. The highest BCUT2D eigenvalue weighted by molar-refractivity contribution is 5.92. The number of carbonyl (C=O) groups excluding carboxylic acids is 1. The van der Waals surface area contributed by atoms with Crippen LogP contribution in [0.4, 0.5) is 5.82 Å². The van der Waals surface area contributed by atoms with Gasteiger partial charge in [0.1, 0.15) is 18.2 Å². The van der Waals surface area contributed by atoms with Gasteiger partial charge in [-0.05, 0) is 16.0 Å². The second-order valence-corrected chi connectivity index (χ2v) is 4.45. The zero-order valence-electron chi connectivity index (χ0n) is 11.0. The molecule has 1 aromatic carbocycles. The first-order valence-corrected chi connectivity index (χ1v) is 6.39. The van der Waals surface area contributed by atoms with Gasteiger partial charge in [-0.15, -0.1) is 5.10 Å². The molecule has 0 aliphatic rings. The van der Waals surface area contributed by atoms with Gasteiger partial charge in [0.25, 0.3) is 5.91 Å². The summed E-state index contributed by atoms with van der Waals surface area (Å²) in [6.07, 6.45) is 3.49. The summed E-state index contributed by atoms with van der Waals surface area (Å²) >= 11 is 0. The van der Waals surface area contributed by atoms with E-state index in [4.69, 9.17) is 0 Å². The van der Waals surface area contributed by atoms with Gasteiger partial charge < -0.3 is 5.32 Å². The number of aromatic nitrogens is 6. The van der Waals surface area contributed by atoms with Crippen molar-refractivity contribution in [3.8, 4) is 0 Å². The van der Waals surface area contributed by atoms with E-state index in [0.717, 1.165) is 5.56 Å². The first kappa shape index (κ1) is 13.0. The van der Waals surface area contributed by atoms with E-state index in [1.165, 1.54) is 11.0 Å². The van der Waals surface area contributed by atoms with Crippen LogP contribution in [0.25, 0.3) is 0 Å². The molecule has 106 valence electrons. The van der Waals surface area contributed by atoms with E-state index in [1.54, 1.807) is 12.3 Å². The molecular formula is C13H13N7O. The van der Waals surface area contributed by atoms with Crippen molar-refractivity contribution in [3.63, 3.8) is 0 Å². The Balaban J connectivity index is 1.81. The summed E-state index contributed by atoms with van der Waals surface area (Å²) in [5, 5.41) is 20.3. The number of rotatable bonds is 5. The number of anilines is 1. The van der Waals surface area contributed by atoms with Crippen LogP contribution in [0.3, 0.4) is 0 Å². The summed E-state index contributed by atoms with van der Waals surface area (Å²) in [5.74, 6) is 0.321. The molecule has 2 N–H and O–H groups in total. The topological polar surface area (TPSA) is 101 Å². The molecule has 0 aliphatic carbocycles. The molecule has 0 saturated carbocycles. The summed E-state index contributed by atoms with van der Waals surface area (Å²) in [6.45, 7) is 0. The summed E-state index contributed by atoms with van der Waals surface area (Å²) in [6, 6.07) is 10.8. The molecule has 0 aliphatic heterocycles. The minimum absolute atomic E-state index is 0.213. The number of aromatic amines is 1. The van der Waals surface area contributed by atoms with E-state index >= 15 is 0 Å². The van der Waals surface area contributed by atoms with Gasteiger partial charge in [-0.25, -0.2) is 4.68 Å². The van der Waals surface area contributed by atoms with E-state index in [9.17, 15) is 4.79 Å². The summed E-state index contributed by atoms with van der Waals surface area (Å²) in [5.41, 5.74) is 1.03. The van der Waals surface area contributed by atoms with Crippen LogP contribution < -0.4 is 5.32 Å². The monoisotopic (exact) mass is 283 g/mol. The molecule has 1 atom stereocenters. The van der Waals surface area contributed by atoms with Crippen molar-refractivity contribution in [1.29, 1.82) is 0 Å². The lowest BCUT2D eigenvalue weighted by atomic mass is 10.1. The van der Waals surface area contributed by atoms with Crippen molar-refractivity contribution < 1.29 is 4.79 Å². The number of nitrogens with zero attached hydrogens (tertiary/aromatic N) is 5. The molecule has 8 nitrogen and oxygen atoms in total. The first-order valence-electron chi connectivity index (χ1n) is 6.39. The SMILES string of the molecule is O=C(Nc1ccn[nH]1)[C@H](Cc1ccccc1)n1cnnn1. The second-order valence-electron chi connectivity index (χ2n) is 4.45. The van der Waals surface area contributed by atoms with Crippen molar-refractivity contribution in [3.05, 3.63) is 54.5 Å². The third-order valence-corrected chi connectivity index (χ3v) is 3.02. The Kier molecular flexibility index (Phi) is 3.68. The van der Waals surface area contributed by atoms with Gasteiger partial charge in [-0.3, -0.25) is 9.89 Å². The predicted molar refractivity (Wildman–Crippen MR) is 74.2 cm³/mol. The molecule has 2 heterocycles. The fraction of sp³-hybridized carbons (Fsp3) is 0.154. The Labute approximate surface area is 120 Å². The molecule has 0 saturated heterocycles. The zero-order chi connectivity index (χ0) is 14.5. The molecular weight excluding hydrogens is 270 g/mol. The van der Waals surface area contributed by atoms with Crippen LogP contribution in [0, 0.1) is 0 Å². The van der Waals surface area contributed by atoms with Crippen molar-refractivity contribution in [2.75, 3.05) is 5.32 Å². The van der Waals surface area contributed by atoms with Crippen molar-refractivity contribution in [1.82, 2.24) is 30.4 Å². The average molecular weight is 283 g/mol. The quantitative estimate of drug-likeness (QED) is 0.721. The number of amides is 1. The molecule has 21 heavy (non-hydrogen) atoms. The number of nitrogens with one attached hydrogen (secondary N) is 2. The van der Waals surface area contributed by atoms with Gasteiger partial charge in [0.05, 0.1) is 6.20 Å². The maximum atomic E-state index is 12.4. The van der Waals surface area contributed by atoms with Crippen LogP contribution in [-0.2, 0) is 11.2 Å². The first-order chi connectivity index (χ1) is 10.3.